The molecule has 136 valence electrons. The van der Waals surface area contributed by atoms with Gasteiger partial charge < -0.3 is 5.73 Å². The predicted octanol–water partition coefficient (Wildman–Crippen LogP) is 5.39. The fraction of sp³-hybridized carbons (Fsp3) is 0.304. The van der Waals surface area contributed by atoms with E-state index in [1.165, 1.54) is 22.9 Å². The normalized spacial score (nSPS) is 18.2. The molecule has 3 rings (SSSR count). The zero-order valence-electron chi connectivity index (χ0n) is 16.0. The minimum absolute atomic E-state index is 0.108. The summed E-state index contributed by atoms with van der Waals surface area (Å²) >= 11 is 0. The second kappa shape index (κ2) is 9.09. The lowest BCUT2D eigenvalue weighted by Gasteiger charge is -2.30. The summed E-state index contributed by atoms with van der Waals surface area (Å²) in [4.78, 5) is 0. The molecule has 2 aromatic carbocycles. The third-order valence-corrected chi connectivity index (χ3v) is 10.4. The quantitative estimate of drug-likeness (QED) is 0.640. The van der Waals surface area contributed by atoms with Gasteiger partial charge in [0, 0.05) is 12.0 Å². The van der Waals surface area contributed by atoms with E-state index in [4.69, 9.17) is 5.73 Å². The molecule has 1 aliphatic rings. The van der Waals surface area contributed by atoms with Crippen molar-refractivity contribution < 1.29 is 0 Å². The Kier molecular flexibility index (Phi) is 6.82. The monoisotopic (exact) mass is 381 g/mol. The molecule has 0 saturated carbocycles. The van der Waals surface area contributed by atoms with Gasteiger partial charge in [-0.2, -0.15) is 0 Å². The van der Waals surface area contributed by atoms with Gasteiger partial charge in [-0.25, -0.2) is 0 Å². The van der Waals surface area contributed by atoms with E-state index in [0.29, 0.717) is 5.92 Å². The minimum Gasteiger partial charge on any atom is -0.327 e. The maximum Gasteiger partial charge on any atom is 0.0187 e. The Morgan fingerprint density at radius 3 is 1.81 bits per heavy atom. The van der Waals surface area contributed by atoms with Gasteiger partial charge in [0.25, 0.3) is 0 Å². The molecule has 26 heavy (non-hydrogen) atoms. The Labute approximate surface area is 160 Å². The summed E-state index contributed by atoms with van der Waals surface area (Å²) in [5, 5.41) is 6.06. The van der Waals surface area contributed by atoms with Gasteiger partial charge in [-0.05, 0) is 48.4 Å². The third kappa shape index (κ3) is 4.01. The van der Waals surface area contributed by atoms with Crippen molar-refractivity contribution in [1.29, 1.82) is 0 Å². The van der Waals surface area contributed by atoms with Crippen molar-refractivity contribution in [2.24, 2.45) is 11.7 Å². The molecule has 2 N–H and O–H groups in total. The average Bonchev–Trinajstić information content (AvgIpc) is 3.10. The first-order chi connectivity index (χ1) is 12.7. The first-order valence-corrected chi connectivity index (χ1v) is 12.6. The topological polar surface area (TPSA) is 26.0 Å². The van der Waals surface area contributed by atoms with Crippen LogP contribution in [0.1, 0.15) is 20.8 Å². The Morgan fingerprint density at radius 2 is 1.38 bits per heavy atom. The van der Waals surface area contributed by atoms with E-state index in [2.05, 4.69) is 93.6 Å². The van der Waals surface area contributed by atoms with Crippen molar-refractivity contribution in [3.8, 4) is 0 Å². The van der Waals surface area contributed by atoms with E-state index in [0.717, 1.165) is 0 Å². The SMILES string of the molecule is CCP(CC)C1=C(P(c2ccccc2)c2ccccc2)C([C@@H](C)N)C=C1. The van der Waals surface area contributed by atoms with Crippen molar-refractivity contribution in [3.63, 3.8) is 0 Å². The van der Waals surface area contributed by atoms with E-state index in [-0.39, 0.29) is 14.0 Å². The van der Waals surface area contributed by atoms with Crippen LogP contribution in [0.2, 0.25) is 0 Å². The summed E-state index contributed by atoms with van der Waals surface area (Å²) in [5.41, 5.74) is 6.46. The molecule has 1 aliphatic carbocycles. The number of allylic oxidation sites excluding steroid dienone is 2. The van der Waals surface area contributed by atoms with Crippen LogP contribution in [0.4, 0.5) is 0 Å². The van der Waals surface area contributed by atoms with Crippen molar-refractivity contribution in [2.75, 3.05) is 12.3 Å². The van der Waals surface area contributed by atoms with Crippen molar-refractivity contribution in [1.82, 2.24) is 0 Å². The van der Waals surface area contributed by atoms with Gasteiger partial charge in [-0.15, -0.1) is 0 Å². The molecule has 0 bridgehead atoms. The summed E-state index contributed by atoms with van der Waals surface area (Å²) in [6.07, 6.45) is 7.27. The molecule has 0 aliphatic heterocycles. The fourth-order valence-corrected chi connectivity index (χ4v) is 8.98. The molecule has 0 saturated heterocycles. The van der Waals surface area contributed by atoms with Crippen LogP contribution >= 0.6 is 15.8 Å². The first kappa shape index (κ1) is 19.5. The molecule has 0 heterocycles. The largest absolute Gasteiger partial charge is 0.327 e. The molecule has 1 unspecified atom stereocenters. The molecular formula is C23H29NP2. The van der Waals surface area contributed by atoms with E-state index >= 15 is 0 Å². The van der Waals surface area contributed by atoms with Crippen LogP contribution in [0.3, 0.4) is 0 Å². The van der Waals surface area contributed by atoms with Gasteiger partial charge in [-0.3, -0.25) is 0 Å². The number of hydrogen-bond acceptors (Lipinski definition) is 1. The van der Waals surface area contributed by atoms with Crippen LogP contribution in [0.5, 0.6) is 0 Å². The summed E-state index contributed by atoms with van der Waals surface area (Å²) in [5.74, 6) is 0.347. The lowest BCUT2D eigenvalue weighted by Crippen LogP contribution is -2.28. The zero-order valence-corrected chi connectivity index (χ0v) is 17.8. The van der Waals surface area contributed by atoms with Gasteiger partial charge in [0.1, 0.15) is 0 Å². The zero-order chi connectivity index (χ0) is 18.5. The smallest absolute Gasteiger partial charge is 0.0187 e. The van der Waals surface area contributed by atoms with Crippen molar-refractivity contribution >= 4 is 26.5 Å². The highest BCUT2D eigenvalue weighted by Gasteiger charge is 2.33. The number of benzene rings is 2. The molecule has 0 amide bonds. The van der Waals surface area contributed by atoms with Gasteiger partial charge >= 0.3 is 0 Å². The lowest BCUT2D eigenvalue weighted by molar-refractivity contribution is 0.632. The van der Waals surface area contributed by atoms with E-state index in [9.17, 15) is 0 Å². The van der Waals surface area contributed by atoms with Crippen LogP contribution in [-0.2, 0) is 0 Å². The standard InChI is InChI=1S/C23H29NP2/c1-4-25(5-2)22-17-16-21(18(3)24)23(22)26(19-12-8-6-9-13-19)20-14-10-7-11-15-20/h6-18,21H,4-5,24H2,1-3H3/t18-,21?/m1/s1. The third-order valence-electron chi connectivity index (χ3n) is 4.98. The second-order valence-electron chi connectivity index (χ2n) is 6.69. The van der Waals surface area contributed by atoms with Gasteiger partial charge in [0.15, 0.2) is 0 Å². The van der Waals surface area contributed by atoms with Crippen LogP contribution in [0.25, 0.3) is 0 Å². The molecule has 0 aromatic heterocycles. The first-order valence-electron chi connectivity index (χ1n) is 9.50. The molecular weight excluding hydrogens is 352 g/mol. The molecule has 0 radical (unpaired) electrons. The second-order valence-corrected chi connectivity index (χ2v) is 11.7. The Bertz CT molecular complexity index is 722. The van der Waals surface area contributed by atoms with Crippen LogP contribution in [0.15, 0.2) is 83.4 Å². The average molecular weight is 381 g/mol. The van der Waals surface area contributed by atoms with Gasteiger partial charge in [-0.1, -0.05) is 94.6 Å². The van der Waals surface area contributed by atoms with Crippen LogP contribution < -0.4 is 16.3 Å². The van der Waals surface area contributed by atoms with Crippen LogP contribution in [-0.4, -0.2) is 18.4 Å². The minimum atomic E-state index is -0.554. The number of hydrogen-bond donors (Lipinski definition) is 1. The molecule has 2 aromatic rings. The highest BCUT2D eigenvalue weighted by Crippen LogP contribution is 2.60. The summed E-state index contributed by atoms with van der Waals surface area (Å²) in [6.45, 7) is 6.82. The molecule has 2 atom stereocenters. The fourth-order valence-electron chi connectivity index (χ4n) is 3.64. The number of rotatable bonds is 7. The van der Waals surface area contributed by atoms with E-state index < -0.39 is 7.92 Å². The Hall–Kier alpha value is -1.26. The van der Waals surface area contributed by atoms with Crippen molar-refractivity contribution in [3.05, 3.63) is 83.4 Å². The van der Waals surface area contributed by atoms with Gasteiger partial charge in [0.2, 0.25) is 0 Å². The highest BCUT2D eigenvalue weighted by molar-refractivity contribution is 7.77. The van der Waals surface area contributed by atoms with Crippen molar-refractivity contribution in [2.45, 2.75) is 26.8 Å². The number of nitrogens with two attached hydrogens (primary N) is 1. The molecule has 1 nitrogen and oxygen atoms in total. The molecule has 0 fully saturated rings. The summed E-state index contributed by atoms with van der Waals surface area (Å²) < 4.78 is 0. The Morgan fingerprint density at radius 1 is 0.885 bits per heavy atom. The maximum atomic E-state index is 6.46. The summed E-state index contributed by atoms with van der Waals surface area (Å²) in [7, 11) is -0.661. The Balaban J connectivity index is 2.20. The highest BCUT2D eigenvalue weighted by atomic mass is 31.1. The predicted molar refractivity (Wildman–Crippen MR) is 120 cm³/mol. The summed E-state index contributed by atoms with van der Waals surface area (Å²) in [6, 6.07) is 22.2. The van der Waals surface area contributed by atoms with Crippen LogP contribution in [0, 0.1) is 5.92 Å². The molecule has 3 heteroatoms. The maximum absolute atomic E-state index is 6.46. The molecule has 0 spiro atoms. The van der Waals surface area contributed by atoms with Gasteiger partial charge in [0.05, 0.1) is 0 Å². The van der Waals surface area contributed by atoms with E-state index in [1.54, 1.807) is 10.6 Å². The lowest BCUT2D eigenvalue weighted by atomic mass is 10.0. The van der Waals surface area contributed by atoms with E-state index in [1.807, 2.05) is 0 Å².